The van der Waals surface area contributed by atoms with Crippen molar-refractivity contribution in [1.29, 1.82) is 0 Å². The number of carbonyl (C=O) groups excluding carboxylic acids is 1. The van der Waals surface area contributed by atoms with Gasteiger partial charge in [0.25, 0.3) is 0 Å². The highest BCUT2D eigenvalue weighted by atomic mass is 35.5. The largest absolute Gasteiger partial charge is 0.368 e. The third-order valence-corrected chi connectivity index (χ3v) is 1.47. The monoisotopic (exact) mass is 201 g/mol. The van der Waals surface area contributed by atoms with Crippen molar-refractivity contribution in [2.45, 2.75) is 0 Å². The van der Waals surface area contributed by atoms with E-state index < -0.39 is 5.91 Å². The number of anilines is 2. The van der Waals surface area contributed by atoms with E-state index in [1.165, 1.54) is 6.20 Å². The molecule has 0 aliphatic heterocycles. The van der Waals surface area contributed by atoms with Crippen LogP contribution < -0.4 is 16.8 Å². The Morgan fingerprint density at radius 3 is 3.00 bits per heavy atom. The molecule has 0 aromatic carbocycles. The van der Waals surface area contributed by atoms with E-state index in [0.717, 1.165) is 0 Å². The smallest absolute Gasteiger partial charge is 0.236 e. The number of hydrogen-bond acceptors (Lipinski definition) is 5. The van der Waals surface area contributed by atoms with Crippen LogP contribution in [-0.2, 0) is 4.79 Å². The summed E-state index contributed by atoms with van der Waals surface area (Å²) in [6.07, 6.45) is 1.34. The fourth-order valence-corrected chi connectivity index (χ4v) is 0.833. The van der Waals surface area contributed by atoms with Crippen LogP contribution in [0, 0.1) is 0 Å². The topological polar surface area (TPSA) is 107 Å². The summed E-state index contributed by atoms with van der Waals surface area (Å²) in [7, 11) is 0. The van der Waals surface area contributed by atoms with Crippen molar-refractivity contribution < 1.29 is 4.79 Å². The molecule has 0 aliphatic carbocycles. The van der Waals surface area contributed by atoms with Crippen molar-refractivity contribution in [2.75, 3.05) is 17.6 Å². The van der Waals surface area contributed by atoms with Crippen molar-refractivity contribution >= 4 is 29.3 Å². The van der Waals surface area contributed by atoms with Crippen molar-refractivity contribution in [3.8, 4) is 0 Å². The van der Waals surface area contributed by atoms with Gasteiger partial charge in [-0.25, -0.2) is 4.98 Å². The van der Waals surface area contributed by atoms with Crippen LogP contribution in [0.2, 0.25) is 5.02 Å². The minimum atomic E-state index is -0.506. The van der Waals surface area contributed by atoms with Gasteiger partial charge in [-0.1, -0.05) is 11.6 Å². The van der Waals surface area contributed by atoms with E-state index in [9.17, 15) is 4.79 Å². The van der Waals surface area contributed by atoms with E-state index in [1.54, 1.807) is 0 Å². The zero-order valence-electron chi connectivity index (χ0n) is 6.62. The average molecular weight is 202 g/mol. The molecule has 13 heavy (non-hydrogen) atoms. The molecule has 0 unspecified atom stereocenters. The Hall–Kier alpha value is -1.56. The van der Waals surface area contributed by atoms with Crippen LogP contribution in [0.5, 0.6) is 0 Å². The molecule has 0 saturated heterocycles. The summed E-state index contributed by atoms with van der Waals surface area (Å²) in [6.45, 7) is -0.0455. The molecule has 5 N–H and O–H groups in total. The minimum Gasteiger partial charge on any atom is -0.368 e. The van der Waals surface area contributed by atoms with Crippen molar-refractivity contribution in [3.05, 3.63) is 11.2 Å². The molecular weight excluding hydrogens is 194 g/mol. The fourth-order valence-electron chi connectivity index (χ4n) is 0.676. The molecule has 0 fully saturated rings. The van der Waals surface area contributed by atoms with Gasteiger partial charge in [0, 0.05) is 0 Å². The summed E-state index contributed by atoms with van der Waals surface area (Å²) in [5.41, 5.74) is 10.2. The van der Waals surface area contributed by atoms with Crippen molar-refractivity contribution in [1.82, 2.24) is 9.97 Å². The Labute approximate surface area is 79.3 Å². The number of rotatable bonds is 3. The summed E-state index contributed by atoms with van der Waals surface area (Å²) in [5.74, 6) is -0.127. The lowest BCUT2D eigenvalue weighted by Gasteiger charge is -2.04. The quantitative estimate of drug-likeness (QED) is 0.618. The maximum Gasteiger partial charge on any atom is 0.236 e. The molecule has 0 saturated carbocycles. The number of amides is 1. The Morgan fingerprint density at radius 2 is 2.38 bits per heavy atom. The molecule has 7 heteroatoms. The number of primary amides is 1. The molecule has 0 radical (unpaired) electrons. The molecule has 0 spiro atoms. The molecular formula is C6H8ClN5O. The van der Waals surface area contributed by atoms with E-state index >= 15 is 0 Å². The number of nitrogens with one attached hydrogen (secondary N) is 1. The summed E-state index contributed by atoms with van der Waals surface area (Å²) in [6, 6.07) is 0. The lowest BCUT2D eigenvalue weighted by atomic mass is 10.5. The molecule has 1 aromatic heterocycles. The zero-order valence-corrected chi connectivity index (χ0v) is 7.38. The van der Waals surface area contributed by atoms with Crippen molar-refractivity contribution in [2.24, 2.45) is 5.73 Å². The van der Waals surface area contributed by atoms with E-state index in [2.05, 4.69) is 15.3 Å². The highest BCUT2D eigenvalue weighted by molar-refractivity contribution is 6.32. The fraction of sp³-hybridized carbons (Fsp3) is 0.167. The number of halogens is 1. The first-order chi connectivity index (χ1) is 6.09. The van der Waals surface area contributed by atoms with Crippen LogP contribution in [0.3, 0.4) is 0 Å². The first-order valence-electron chi connectivity index (χ1n) is 3.40. The molecule has 1 amide bonds. The van der Waals surface area contributed by atoms with Gasteiger partial charge in [-0.15, -0.1) is 0 Å². The SMILES string of the molecule is NC(=O)CNc1nc(N)ncc1Cl. The predicted molar refractivity (Wildman–Crippen MR) is 49.1 cm³/mol. The van der Waals surface area contributed by atoms with E-state index in [0.29, 0.717) is 5.82 Å². The van der Waals surface area contributed by atoms with Gasteiger partial charge in [-0.3, -0.25) is 4.79 Å². The number of hydrogen-bond donors (Lipinski definition) is 3. The zero-order chi connectivity index (χ0) is 9.84. The molecule has 1 heterocycles. The molecule has 0 atom stereocenters. The molecule has 1 rings (SSSR count). The van der Waals surface area contributed by atoms with Gasteiger partial charge < -0.3 is 16.8 Å². The lowest BCUT2D eigenvalue weighted by Crippen LogP contribution is -2.22. The Bertz CT molecular complexity index is 329. The molecule has 1 aromatic rings. The number of nitrogens with zero attached hydrogens (tertiary/aromatic N) is 2. The van der Waals surface area contributed by atoms with Gasteiger partial charge in [0.1, 0.15) is 5.02 Å². The lowest BCUT2D eigenvalue weighted by molar-refractivity contribution is -0.116. The van der Waals surface area contributed by atoms with E-state index in [1.807, 2.05) is 0 Å². The number of carbonyl (C=O) groups is 1. The standard InChI is InChI=1S/C6H8ClN5O/c7-3-1-11-6(9)12-5(3)10-2-4(8)13/h1H,2H2,(H2,8,13)(H3,9,10,11,12). The van der Waals surface area contributed by atoms with Gasteiger partial charge >= 0.3 is 0 Å². The minimum absolute atomic E-state index is 0.0455. The van der Waals surface area contributed by atoms with Crippen LogP contribution in [0.4, 0.5) is 11.8 Å². The Balaban J connectivity index is 2.75. The third-order valence-electron chi connectivity index (χ3n) is 1.19. The molecule has 0 aliphatic rings. The molecule has 0 bridgehead atoms. The second-order valence-electron chi connectivity index (χ2n) is 2.24. The van der Waals surface area contributed by atoms with Crippen molar-refractivity contribution in [3.63, 3.8) is 0 Å². The summed E-state index contributed by atoms with van der Waals surface area (Å²) < 4.78 is 0. The number of nitrogens with two attached hydrogens (primary N) is 2. The third kappa shape index (κ3) is 2.75. The maximum atomic E-state index is 10.4. The second-order valence-corrected chi connectivity index (χ2v) is 2.65. The van der Waals surface area contributed by atoms with Gasteiger partial charge in [0.15, 0.2) is 5.82 Å². The Morgan fingerprint density at radius 1 is 1.69 bits per heavy atom. The van der Waals surface area contributed by atoms with E-state index in [4.69, 9.17) is 23.1 Å². The molecule has 70 valence electrons. The van der Waals surface area contributed by atoms with Crippen LogP contribution in [0.25, 0.3) is 0 Å². The second kappa shape index (κ2) is 3.90. The summed E-state index contributed by atoms with van der Waals surface area (Å²) in [5, 5.41) is 2.90. The van der Waals surface area contributed by atoms with Gasteiger partial charge in [-0.05, 0) is 0 Å². The summed E-state index contributed by atoms with van der Waals surface area (Å²) >= 11 is 5.68. The van der Waals surface area contributed by atoms with Gasteiger partial charge in [0.2, 0.25) is 11.9 Å². The van der Waals surface area contributed by atoms with Crippen LogP contribution in [0.1, 0.15) is 0 Å². The first kappa shape index (κ1) is 9.53. The Kier molecular flexibility index (Phi) is 2.86. The van der Waals surface area contributed by atoms with Gasteiger partial charge in [0.05, 0.1) is 12.7 Å². The maximum absolute atomic E-state index is 10.4. The van der Waals surface area contributed by atoms with E-state index in [-0.39, 0.29) is 17.5 Å². The normalized spacial score (nSPS) is 9.62. The van der Waals surface area contributed by atoms with Crippen LogP contribution in [0.15, 0.2) is 6.20 Å². The average Bonchev–Trinajstić information content (AvgIpc) is 2.06. The highest BCUT2D eigenvalue weighted by Gasteiger charge is 2.03. The number of nitrogen functional groups attached to an aromatic ring is 1. The predicted octanol–water partition coefficient (Wildman–Crippen LogP) is -0.391. The highest BCUT2D eigenvalue weighted by Crippen LogP contribution is 2.17. The van der Waals surface area contributed by atoms with Crippen LogP contribution in [-0.4, -0.2) is 22.4 Å². The number of aromatic nitrogens is 2. The van der Waals surface area contributed by atoms with Gasteiger partial charge in [-0.2, -0.15) is 4.98 Å². The molecule has 6 nitrogen and oxygen atoms in total. The first-order valence-corrected chi connectivity index (χ1v) is 3.77. The summed E-state index contributed by atoms with van der Waals surface area (Å²) in [4.78, 5) is 17.8. The van der Waals surface area contributed by atoms with Crippen LogP contribution >= 0.6 is 11.6 Å².